The molecule has 1 aliphatic rings. The minimum atomic E-state index is -0.832. The van der Waals surface area contributed by atoms with E-state index in [4.69, 9.17) is 5.11 Å². The molecule has 2 unspecified atom stereocenters. The Labute approximate surface area is 83.7 Å². The lowest BCUT2D eigenvalue weighted by Crippen LogP contribution is -2.39. The van der Waals surface area contributed by atoms with Gasteiger partial charge in [-0.25, -0.2) is 0 Å². The van der Waals surface area contributed by atoms with Crippen molar-refractivity contribution in [2.75, 3.05) is 6.54 Å². The summed E-state index contributed by atoms with van der Waals surface area (Å²) in [5, 5.41) is 11.6. The molecule has 14 heavy (non-hydrogen) atoms. The zero-order valence-electron chi connectivity index (χ0n) is 8.45. The normalized spacial score (nSPS) is 26.9. The molecule has 1 rings (SSSR count). The summed E-state index contributed by atoms with van der Waals surface area (Å²) in [5.74, 6) is -1.72. The molecule has 0 radical (unpaired) electrons. The third-order valence-corrected chi connectivity index (χ3v) is 2.77. The van der Waals surface area contributed by atoms with Gasteiger partial charge in [-0.15, -0.1) is 0 Å². The summed E-state index contributed by atoms with van der Waals surface area (Å²) in [6.07, 6.45) is 3.23. The largest absolute Gasteiger partial charge is 0.481 e. The monoisotopic (exact) mass is 199 g/mol. The maximum Gasteiger partial charge on any atom is 0.307 e. The maximum atomic E-state index is 11.5. The first-order valence-electron chi connectivity index (χ1n) is 5.17. The molecule has 0 aliphatic heterocycles. The third-order valence-electron chi connectivity index (χ3n) is 2.77. The van der Waals surface area contributed by atoms with Gasteiger partial charge in [-0.1, -0.05) is 12.8 Å². The van der Waals surface area contributed by atoms with Gasteiger partial charge in [-0.05, 0) is 19.8 Å². The maximum absolute atomic E-state index is 11.5. The number of carboxylic acid groups (broad SMARTS) is 1. The smallest absolute Gasteiger partial charge is 0.307 e. The second kappa shape index (κ2) is 4.98. The van der Waals surface area contributed by atoms with Gasteiger partial charge in [0.15, 0.2) is 0 Å². The van der Waals surface area contributed by atoms with E-state index in [0.29, 0.717) is 19.4 Å². The van der Waals surface area contributed by atoms with Crippen LogP contribution in [0.5, 0.6) is 0 Å². The van der Waals surface area contributed by atoms with Crippen LogP contribution in [0.25, 0.3) is 0 Å². The van der Waals surface area contributed by atoms with Crippen LogP contribution in [-0.4, -0.2) is 23.5 Å². The average Bonchev–Trinajstić information content (AvgIpc) is 2.18. The molecule has 4 heteroatoms. The number of carbonyl (C=O) groups excluding carboxylic acids is 1. The minimum absolute atomic E-state index is 0.0976. The van der Waals surface area contributed by atoms with Crippen LogP contribution in [0, 0.1) is 11.8 Å². The SMILES string of the molecule is CCNC(=O)C1CCCCC1C(=O)O. The zero-order chi connectivity index (χ0) is 10.6. The van der Waals surface area contributed by atoms with Crippen LogP contribution in [0.2, 0.25) is 0 Å². The van der Waals surface area contributed by atoms with E-state index in [1.165, 1.54) is 0 Å². The van der Waals surface area contributed by atoms with Gasteiger partial charge >= 0.3 is 5.97 Å². The van der Waals surface area contributed by atoms with Crippen molar-refractivity contribution in [1.29, 1.82) is 0 Å². The van der Waals surface area contributed by atoms with Crippen molar-refractivity contribution in [2.24, 2.45) is 11.8 Å². The molecule has 0 aromatic carbocycles. The molecule has 1 aliphatic carbocycles. The van der Waals surface area contributed by atoms with E-state index in [9.17, 15) is 9.59 Å². The zero-order valence-corrected chi connectivity index (χ0v) is 8.45. The topological polar surface area (TPSA) is 66.4 Å². The number of carbonyl (C=O) groups is 2. The predicted molar refractivity (Wildman–Crippen MR) is 51.8 cm³/mol. The van der Waals surface area contributed by atoms with Gasteiger partial charge in [0.2, 0.25) is 5.91 Å². The van der Waals surface area contributed by atoms with Crippen LogP contribution < -0.4 is 5.32 Å². The van der Waals surface area contributed by atoms with E-state index in [0.717, 1.165) is 12.8 Å². The van der Waals surface area contributed by atoms with E-state index < -0.39 is 11.9 Å². The molecule has 0 bridgehead atoms. The Morgan fingerprint density at radius 3 is 2.36 bits per heavy atom. The first-order chi connectivity index (χ1) is 6.66. The van der Waals surface area contributed by atoms with Gasteiger partial charge < -0.3 is 10.4 Å². The quantitative estimate of drug-likeness (QED) is 0.713. The van der Waals surface area contributed by atoms with Crippen molar-refractivity contribution in [1.82, 2.24) is 5.32 Å². The van der Waals surface area contributed by atoms with Crippen LogP contribution in [-0.2, 0) is 9.59 Å². The Morgan fingerprint density at radius 1 is 1.29 bits per heavy atom. The van der Waals surface area contributed by atoms with E-state index in [1.807, 2.05) is 6.92 Å². The number of hydrogen-bond donors (Lipinski definition) is 2. The fraction of sp³-hybridized carbons (Fsp3) is 0.800. The molecule has 0 aromatic heterocycles. The summed E-state index contributed by atoms with van der Waals surface area (Å²) in [4.78, 5) is 22.4. The first kappa shape index (κ1) is 11.0. The molecule has 1 fully saturated rings. The highest BCUT2D eigenvalue weighted by Gasteiger charge is 2.35. The Hall–Kier alpha value is -1.06. The fourth-order valence-electron chi connectivity index (χ4n) is 2.05. The fourth-order valence-corrected chi connectivity index (χ4v) is 2.05. The van der Waals surface area contributed by atoms with Crippen LogP contribution in [0.4, 0.5) is 0 Å². The van der Waals surface area contributed by atoms with Gasteiger partial charge in [0.05, 0.1) is 11.8 Å². The molecule has 80 valence electrons. The second-order valence-electron chi connectivity index (χ2n) is 3.73. The molecule has 0 aromatic rings. The summed E-state index contributed by atoms with van der Waals surface area (Å²) in [5.41, 5.74) is 0. The molecule has 2 atom stereocenters. The lowest BCUT2D eigenvalue weighted by molar-refractivity contribution is -0.148. The van der Waals surface area contributed by atoms with Gasteiger partial charge in [-0.3, -0.25) is 9.59 Å². The summed E-state index contributed by atoms with van der Waals surface area (Å²) in [7, 11) is 0. The van der Waals surface area contributed by atoms with Gasteiger partial charge in [-0.2, -0.15) is 0 Å². The number of hydrogen-bond acceptors (Lipinski definition) is 2. The predicted octanol–water partition coefficient (Wildman–Crippen LogP) is 1.01. The summed E-state index contributed by atoms with van der Waals surface area (Å²) >= 11 is 0. The van der Waals surface area contributed by atoms with Gasteiger partial charge in [0.1, 0.15) is 0 Å². The van der Waals surface area contributed by atoms with Crippen LogP contribution in [0.3, 0.4) is 0 Å². The third kappa shape index (κ3) is 2.47. The van der Waals surface area contributed by atoms with Crippen molar-refractivity contribution in [3.05, 3.63) is 0 Å². The number of amides is 1. The van der Waals surface area contributed by atoms with Gasteiger partial charge in [0.25, 0.3) is 0 Å². The minimum Gasteiger partial charge on any atom is -0.481 e. The lowest BCUT2D eigenvalue weighted by atomic mass is 9.79. The molecule has 0 saturated heterocycles. The molecule has 0 spiro atoms. The Morgan fingerprint density at radius 2 is 1.86 bits per heavy atom. The highest BCUT2D eigenvalue weighted by molar-refractivity contribution is 5.84. The average molecular weight is 199 g/mol. The number of carboxylic acids is 1. The molecule has 1 saturated carbocycles. The molecular formula is C10H17NO3. The molecule has 1 amide bonds. The van der Waals surface area contributed by atoms with Gasteiger partial charge in [0, 0.05) is 6.54 Å². The standard InChI is InChI=1S/C10H17NO3/c1-2-11-9(12)7-5-3-4-6-8(7)10(13)14/h7-8H,2-6H2,1H3,(H,11,12)(H,13,14). The summed E-state index contributed by atoms with van der Waals surface area (Å²) in [6.45, 7) is 2.41. The second-order valence-corrected chi connectivity index (χ2v) is 3.73. The van der Waals surface area contributed by atoms with Crippen LogP contribution in [0.15, 0.2) is 0 Å². The van der Waals surface area contributed by atoms with Crippen molar-refractivity contribution in [3.63, 3.8) is 0 Å². The van der Waals surface area contributed by atoms with E-state index >= 15 is 0 Å². The van der Waals surface area contributed by atoms with E-state index in [-0.39, 0.29) is 11.8 Å². The van der Waals surface area contributed by atoms with Crippen LogP contribution in [0.1, 0.15) is 32.6 Å². The highest BCUT2D eigenvalue weighted by Crippen LogP contribution is 2.30. The summed E-state index contributed by atoms with van der Waals surface area (Å²) < 4.78 is 0. The van der Waals surface area contributed by atoms with Crippen molar-refractivity contribution in [2.45, 2.75) is 32.6 Å². The van der Waals surface area contributed by atoms with E-state index in [2.05, 4.69) is 5.32 Å². The number of nitrogens with one attached hydrogen (secondary N) is 1. The summed E-state index contributed by atoms with van der Waals surface area (Å²) in [6, 6.07) is 0. The molecule has 4 nitrogen and oxygen atoms in total. The Kier molecular flexibility index (Phi) is 3.92. The van der Waals surface area contributed by atoms with Crippen LogP contribution >= 0.6 is 0 Å². The van der Waals surface area contributed by atoms with E-state index in [1.54, 1.807) is 0 Å². The number of aliphatic carboxylic acids is 1. The molecule has 2 N–H and O–H groups in total. The molecule has 0 heterocycles. The van der Waals surface area contributed by atoms with Crippen molar-refractivity contribution >= 4 is 11.9 Å². The van der Waals surface area contributed by atoms with Crippen molar-refractivity contribution < 1.29 is 14.7 Å². The molecular weight excluding hydrogens is 182 g/mol. The Bertz CT molecular complexity index is 227. The van der Waals surface area contributed by atoms with Crippen molar-refractivity contribution in [3.8, 4) is 0 Å². The first-order valence-corrected chi connectivity index (χ1v) is 5.17. The number of rotatable bonds is 3. The highest BCUT2D eigenvalue weighted by atomic mass is 16.4. The lowest BCUT2D eigenvalue weighted by Gasteiger charge is -2.27. The Balaban J connectivity index is 2.62.